The molecule has 12 heteroatoms. The number of piperidine rings is 1. The normalized spacial score (nSPS) is 18.0. The molecule has 0 bridgehead atoms. The molecule has 2 saturated heterocycles. The van der Waals surface area contributed by atoms with E-state index in [4.69, 9.17) is 16.3 Å². The monoisotopic (exact) mass is 595 g/mol. The van der Waals surface area contributed by atoms with Crippen molar-refractivity contribution in [2.45, 2.75) is 32.0 Å². The van der Waals surface area contributed by atoms with Crippen molar-refractivity contribution in [3.05, 3.63) is 92.7 Å². The lowest BCUT2D eigenvalue weighted by Crippen LogP contribution is -2.46. The largest absolute Gasteiger partial charge is 0.487 e. The highest BCUT2D eigenvalue weighted by Crippen LogP contribution is 2.28. The van der Waals surface area contributed by atoms with Crippen LogP contribution in [0.25, 0.3) is 10.9 Å². The molecule has 0 radical (unpaired) electrons. The second kappa shape index (κ2) is 11.6. The van der Waals surface area contributed by atoms with Gasteiger partial charge in [0.2, 0.25) is 5.91 Å². The second-order valence-electron chi connectivity index (χ2n) is 10.5. The number of aromatic nitrogens is 2. The van der Waals surface area contributed by atoms with Crippen molar-refractivity contribution in [1.82, 2.24) is 20.0 Å². The summed E-state index contributed by atoms with van der Waals surface area (Å²) in [4.78, 5) is 41.1. The highest BCUT2D eigenvalue weighted by Gasteiger charge is 2.31. The Morgan fingerprint density at radius 1 is 0.929 bits per heavy atom. The van der Waals surface area contributed by atoms with Crippen LogP contribution in [-0.4, -0.2) is 52.7 Å². The van der Waals surface area contributed by atoms with Crippen molar-refractivity contribution in [2.75, 3.05) is 31.1 Å². The van der Waals surface area contributed by atoms with E-state index in [1.54, 1.807) is 12.1 Å². The summed E-state index contributed by atoms with van der Waals surface area (Å²) in [5, 5.41) is 5.56. The quantitative estimate of drug-likeness (QED) is 0.312. The third kappa shape index (κ3) is 5.75. The van der Waals surface area contributed by atoms with Crippen LogP contribution in [0.2, 0.25) is 5.02 Å². The Morgan fingerprint density at radius 2 is 1.67 bits per heavy atom. The van der Waals surface area contributed by atoms with Crippen molar-refractivity contribution in [2.24, 2.45) is 0 Å². The molecular weight excluding hydrogens is 568 g/mol. The summed E-state index contributed by atoms with van der Waals surface area (Å²) in [6.45, 7) is 3.88. The van der Waals surface area contributed by atoms with Gasteiger partial charge in [-0.05, 0) is 41.8 Å². The van der Waals surface area contributed by atoms with E-state index in [1.165, 1.54) is 12.1 Å². The SMILES string of the molecule is O=C1CCC(n2[nH]c3c(OCc4ccc(CN5CCN(c6ccc(Cl)cc6F)CC5)cc4)cc(F)cc3c2=O)C(=O)N1. The molecule has 2 N–H and O–H groups in total. The fourth-order valence-electron chi connectivity index (χ4n) is 5.47. The predicted octanol–water partition coefficient (Wildman–Crippen LogP) is 4.14. The Balaban J connectivity index is 1.08. The number of halogens is 3. The highest BCUT2D eigenvalue weighted by molar-refractivity contribution is 6.30. The van der Waals surface area contributed by atoms with E-state index in [9.17, 15) is 23.2 Å². The van der Waals surface area contributed by atoms with Gasteiger partial charge in [-0.1, -0.05) is 35.9 Å². The Bertz CT molecular complexity index is 1710. The van der Waals surface area contributed by atoms with Crippen molar-refractivity contribution < 1.29 is 23.1 Å². The minimum Gasteiger partial charge on any atom is -0.487 e. The van der Waals surface area contributed by atoms with E-state index in [0.29, 0.717) is 23.8 Å². The maximum Gasteiger partial charge on any atom is 0.275 e. The van der Waals surface area contributed by atoms with Gasteiger partial charge in [0.25, 0.3) is 11.5 Å². The van der Waals surface area contributed by atoms with Gasteiger partial charge in [0.15, 0.2) is 0 Å². The topological polar surface area (TPSA) is 99.7 Å². The number of H-pyrrole nitrogens is 1. The summed E-state index contributed by atoms with van der Waals surface area (Å²) < 4.78 is 35.8. The number of amides is 2. The van der Waals surface area contributed by atoms with E-state index < -0.39 is 29.2 Å². The summed E-state index contributed by atoms with van der Waals surface area (Å²) in [6.07, 6.45) is 0.268. The van der Waals surface area contributed by atoms with E-state index >= 15 is 0 Å². The van der Waals surface area contributed by atoms with Gasteiger partial charge in [0.1, 0.15) is 35.5 Å². The first-order chi connectivity index (χ1) is 20.2. The molecule has 0 spiro atoms. The zero-order valence-electron chi connectivity index (χ0n) is 22.5. The Kier molecular flexibility index (Phi) is 7.70. The lowest BCUT2D eigenvalue weighted by molar-refractivity contribution is -0.136. The number of hydrogen-bond acceptors (Lipinski definition) is 6. The lowest BCUT2D eigenvalue weighted by atomic mass is 10.1. The number of nitrogens with zero attached hydrogens (tertiary/aromatic N) is 3. The molecule has 3 aromatic carbocycles. The first-order valence-electron chi connectivity index (χ1n) is 13.7. The van der Waals surface area contributed by atoms with Gasteiger partial charge < -0.3 is 9.64 Å². The number of benzene rings is 3. The molecular formula is C30H28ClF2N5O4. The van der Waals surface area contributed by atoms with Crippen molar-refractivity contribution in [3.8, 4) is 5.75 Å². The van der Waals surface area contributed by atoms with E-state index in [2.05, 4.69) is 15.3 Å². The van der Waals surface area contributed by atoms with Crippen LogP contribution in [0.4, 0.5) is 14.5 Å². The number of imide groups is 1. The first kappa shape index (κ1) is 27.9. The fraction of sp³-hybridized carbons (Fsp3) is 0.300. The van der Waals surface area contributed by atoms with Gasteiger partial charge in [0.05, 0.1) is 11.1 Å². The van der Waals surface area contributed by atoms with Gasteiger partial charge in [-0.15, -0.1) is 0 Å². The molecule has 2 aliphatic heterocycles. The van der Waals surface area contributed by atoms with Crippen LogP contribution in [0.3, 0.4) is 0 Å². The molecule has 0 saturated carbocycles. The smallest absolute Gasteiger partial charge is 0.275 e. The van der Waals surface area contributed by atoms with Crippen molar-refractivity contribution in [3.63, 3.8) is 0 Å². The molecule has 218 valence electrons. The number of aromatic amines is 1. The molecule has 6 rings (SSSR count). The van der Waals surface area contributed by atoms with Gasteiger partial charge in [-0.3, -0.25) is 29.7 Å². The van der Waals surface area contributed by atoms with Crippen LogP contribution >= 0.6 is 11.6 Å². The molecule has 3 heterocycles. The van der Waals surface area contributed by atoms with Crippen LogP contribution < -0.4 is 20.5 Å². The molecule has 2 fully saturated rings. The molecule has 9 nitrogen and oxygen atoms in total. The van der Waals surface area contributed by atoms with Crippen LogP contribution in [0.1, 0.15) is 30.0 Å². The average Bonchev–Trinajstić information content (AvgIpc) is 3.29. The number of piperazine rings is 1. The maximum atomic E-state index is 14.4. The number of fused-ring (bicyclic) bond motifs is 1. The van der Waals surface area contributed by atoms with Gasteiger partial charge in [0, 0.05) is 50.2 Å². The standard InChI is InChI=1S/C30H28ClF2N5O4/c31-20-5-6-24(23(33)13-20)37-11-9-36(10-12-37)16-18-1-3-19(4-2-18)17-42-26-15-21(32)14-22-28(26)35-38(30(22)41)25-7-8-27(39)34-29(25)40/h1-6,13-15,25,35H,7-12,16-17H2,(H,34,39,40). The molecule has 1 unspecified atom stereocenters. The molecule has 42 heavy (non-hydrogen) atoms. The zero-order valence-corrected chi connectivity index (χ0v) is 23.3. The Labute approximate surface area is 244 Å². The number of nitrogens with one attached hydrogen (secondary N) is 2. The number of hydrogen-bond donors (Lipinski definition) is 2. The van der Waals surface area contributed by atoms with Gasteiger partial charge in [-0.25, -0.2) is 13.5 Å². The fourth-order valence-corrected chi connectivity index (χ4v) is 5.63. The molecule has 1 aromatic heterocycles. The average molecular weight is 596 g/mol. The zero-order chi connectivity index (χ0) is 29.4. The van der Waals surface area contributed by atoms with Crippen LogP contribution in [0.5, 0.6) is 5.75 Å². The minimum absolute atomic E-state index is 0.0592. The van der Waals surface area contributed by atoms with Crippen LogP contribution in [-0.2, 0) is 22.7 Å². The number of carbonyl (C=O) groups excluding carboxylic acids is 2. The third-order valence-electron chi connectivity index (χ3n) is 7.72. The number of carbonyl (C=O) groups is 2. The van der Waals surface area contributed by atoms with Crippen LogP contribution in [0, 0.1) is 11.6 Å². The molecule has 2 aliphatic rings. The lowest BCUT2D eigenvalue weighted by Gasteiger charge is -2.36. The molecule has 4 aromatic rings. The summed E-state index contributed by atoms with van der Waals surface area (Å²) >= 11 is 5.88. The van der Waals surface area contributed by atoms with E-state index in [-0.39, 0.29) is 41.9 Å². The maximum absolute atomic E-state index is 14.4. The van der Waals surface area contributed by atoms with E-state index in [0.717, 1.165) is 41.5 Å². The van der Waals surface area contributed by atoms with E-state index in [1.807, 2.05) is 29.2 Å². The Morgan fingerprint density at radius 3 is 2.38 bits per heavy atom. The van der Waals surface area contributed by atoms with Crippen molar-refractivity contribution in [1.29, 1.82) is 0 Å². The number of ether oxygens (including phenoxy) is 1. The van der Waals surface area contributed by atoms with Crippen molar-refractivity contribution >= 4 is 40.0 Å². The molecule has 2 amide bonds. The van der Waals surface area contributed by atoms with Gasteiger partial charge >= 0.3 is 0 Å². The predicted molar refractivity (Wildman–Crippen MR) is 154 cm³/mol. The molecule has 1 atom stereocenters. The van der Waals surface area contributed by atoms with Crippen LogP contribution in [0.15, 0.2) is 59.4 Å². The van der Waals surface area contributed by atoms with Gasteiger partial charge in [-0.2, -0.15) is 0 Å². The highest BCUT2D eigenvalue weighted by atomic mass is 35.5. The minimum atomic E-state index is -0.896. The first-order valence-corrected chi connectivity index (χ1v) is 14.0. The Hall–Kier alpha value is -4.22. The summed E-state index contributed by atoms with van der Waals surface area (Å²) in [5.74, 6) is -1.79. The third-order valence-corrected chi connectivity index (χ3v) is 7.95. The number of rotatable bonds is 7. The summed E-state index contributed by atoms with van der Waals surface area (Å²) in [6, 6.07) is 14.0. The number of anilines is 1. The summed E-state index contributed by atoms with van der Waals surface area (Å²) in [5.41, 5.74) is 2.25. The summed E-state index contributed by atoms with van der Waals surface area (Å²) in [7, 11) is 0. The second-order valence-corrected chi connectivity index (χ2v) is 11.0. The molecule has 0 aliphatic carbocycles.